The lowest BCUT2D eigenvalue weighted by Crippen LogP contribution is -2.36. The predicted molar refractivity (Wildman–Crippen MR) is 85.8 cm³/mol. The number of carbonyl (C=O) groups excluding carboxylic acids is 1. The van der Waals surface area contributed by atoms with Crippen LogP contribution in [0.25, 0.3) is 6.08 Å². The second-order valence-corrected chi connectivity index (χ2v) is 5.10. The first kappa shape index (κ1) is 15.3. The molecule has 3 rings (SSSR count). The summed E-state index contributed by atoms with van der Waals surface area (Å²) >= 11 is 0. The van der Waals surface area contributed by atoms with Crippen molar-refractivity contribution < 1.29 is 18.3 Å². The number of ether oxygens (including phenoxy) is 1. The molecule has 2 aromatic rings. The lowest BCUT2D eigenvalue weighted by molar-refractivity contribution is -0.111. The first-order valence-electron chi connectivity index (χ1n) is 7.37. The molecule has 1 fully saturated rings. The number of morpholine rings is 1. The molecule has 0 spiro atoms. The average Bonchev–Trinajstić information content (AvgIpc) is 3.07. The predicted octanol–water partition coefficient (Wildman–Crippen LogP) is 2.91. The number of furan rings is 1. The fraction of sp³-hybridized carbons (Fsp3) is 0.235. The van der Waals surface area contributed by atoms with E-state index in [2.05, 4.69) is 5.32 Å². The Bertz CT molecular complexity index is 692. The minimum Gasteiger partial charge on any atom is -0.465 e. The van der Waals surface area contributed by atoms with Crippen LogP contribution >= 0.6 is 0 Å². The van der Waals surface area contributed by atoms with E-state index in [1.807, 2.05) is 4.90 Å². The minimum atomic E-state index is -0.361. The number of anilines is 2. The van der Waals surface area contributed by atoms with Crippen molar-refractivity contribution >= 4 is 23.4 Å². The van der Waals surface area contributed by atoms with Crippen molar-refractivity contribution in [3.8, 4) is 0 Å². The molecule has 23 heavy (non-hydrogen) atoms. The molecule has 1 aliphatic rings. The molecular formula is C17H17FN2O3. The third-order valence-corrected chi connectivity index (χ3v) is 3.51. The second-order valence-electron chi connectivity index (χ2n) is 5.10. The summed E-state index contributed by atoms with van der Waals surface area (Å²) in [6.07, 6.45) is 4.41. The van der Waals surface area contributed by atoms with Crippen molar-refractivity contribution in [1.82, 2.24) is 0 Å². The van der Waals surface area contributed by atoms with Gasteiger partial charge in [0.2, 0.25) is 5.91 Å². The number of rotatable bonds is 4. The van der Waals surface area contributed by atoms with E-state index in [0.29, 0.717) is 43.4 Å². The van der Waals surface area contributed by atoms with Crippen LogP contribution in [0, 0.1) is 5.82 Å². The highest BCUT2D eigenvalue weighted by atomic mass is 19.1. The Morgan fingerprint density at radius 3 is 2.78 bits per heavy atom. The molecule has 1 aromatic carbocycles. The second kappa shape index (κ2) is 7.11. The number of carbonyl (C=O) groups is 1. The maximum atomic E-state index is 14.2. The number of benzene rings is 1. The molecule has 0 atom stereocenters. The van der Waals surface area contributed by atoms with Crippen LogP contribution in [0.3, 0.4) is 0 Å². The topological polar surface area (TPSA) is 54.7 Å². The van der Waals surface area contributed by atoms with Crippen LogP contribution in [0.2, 0.25) is 0 Å². The molecule has 0 saturated carbocycles. The van der Waals surface area contributed by atoms with Gasteiger partial charge in [-0.2, -0.15) is 0 Å². The number of halogens is 1. The van der Waals surface area contributed by atoms with Crippen LogP contribution in [-0.2, 0) is 9.53 Å². The van der Waals surface area contributed by atoms with Crippen LogP contribution in [-0.4, -0.2) is 32.2 Å². The fourth-order valence-electron chi connectivity index (χ4n) is 2.37. The Hall–Kier alpha value is -2.60. The van der Waals surface area contributed by atoms with Crippen molar-refractivity contribution in [2.75, 3.05) is 36.5 Å². The highest BCUT2D eigenvalue weighted by molar-refractivity contribution is 6.01. The lowest BCUT2D eigenvalue weighted by atomic mass is 10.2. The van der Waals surface area contributed by atoms with Crippen LogP contribution in [0.5, 0.6) is 0 Å². The van der Waals surface area contributed by atoms with E-state index in [-0.39, 0.29) is 11.7 Å². The van der Waals surface area contributed by atoms with Gasteiger partial charge >= 0.3 is 0 Å². The zero-order chi connectivity index (χ0) is 16.1. The third-order valence-electron chi connectivity index (χ3n) is 3.51. The third kappa shape index (κ3) is 3.98. The zero-order valence-electron chi connectivity index (χ0n) is 12.5. The molecule has 5 nitrogen and oxygen atoms in total. The number of hydrogen-bond donors (Lipinski definition) is 1. The highest BCUT2D eigenvalue weighted by Crippen LogP contribution is 2.23. The van der Waals surface area contributed by atoms with Gasteiger partial charge in [0.1, 0.15) is 11.6 Å². The molecule has 0 radical (unpaired) electrons. The molecular weight excluding hydrogens is 299 g/mol. The Kier molecular flexibility index (Phi) is 4.73. The van der Waals surface area contributed by atoms with Crippen LogP contribution in [0.4, 0.5) is 15.8 Å². The maximum absolute atomic E-state index is 14.2. The molecule has 1 N–H and O–H groups in total. The normalized spacial score (nSPS) is 15.1. The smallest absolute Gasteiger partial charge is 0.248 e. The summed E-state index contributed by atoms with van der Waals surface area (Å²) < 4.78 is 24.6. The van der Waals surface area contributed by atoms with Crippen LogP contribution in [0.1, 0.15) is 5.76 Å². The molecule has 2 heterocycles. The number of nitrogens with one attached hydrogen (secondary N) is 1. The Balaban J connectivity index is 1.64. The zero-order valence-corrected chi connectivity index (χ0v) is 12.5. The molecule has 6 heteroatoms. The first-order chi connectivity index (χ1) is 11.2. The van der Waals surface area contributed by atoms with E-state index in [1.165, 1.54) is 18.4 Å². The average molecular weight is 316 g/mol. The highest BCUT2D eigenvalue weighted by Gasteiger charge is 2.15. The molecule has 1 saturated heterocycles. The minimum absolute atomic E-state index is 0.347. The van der Waals surface area contributed by atoms with E-state index in [9.17, 15) is 9.18 Å². The van der Waals surface area contributed by atoms with Crippen molar-refractivity contribution in [2.45, 2.75) is 0 Å². The van der Waals surface area contributed by atoms with Gasteiger partial charge in [-0.1, -0.05) is 0 Å². The largest absolute Gasteiger partial charge is 0.465 e. The van der Waals surface area contributed by atoms with Gasteiger partial charge in [0, 0.05) is 24.9 Å². The van der Waals surface area contributed by atoms with E-state index in [0.717, 1.165) is 0 Å². The summed E-state index contributed by atoms with van der Waals surface area (Å²) in [5.74, 6) is -0.131. The monoisotopic (exact) mass is 316 g/mol. The number of hydrogen-bond acceptors (Lipinski definition) is 4. The van der Waals surface area contributed by atoms with E-state index >= 15 is 0 Å². The molecule has 1 amide bonds. The summed E-state index contributed by atoms with van der Waals surface area (Å²) in [7, 11) is 0. The molecule has 0 unspecified atom stereocenters. The number of amides is 1. The van der Waals surface area contributed by atoms with Crippen molar-refractivity contribution in [3.05, 3.63) is 54.2 Å². The SMILES string of the molecule is O=C(/C=C\c1ccco1)Nc1ccc(N2CCOCC2)c(F)c1. The molecule has 120 valence electrons. The van der Waals surface area contributed by atoms with Gasteiger partial charge in [-0.3, -0.25) is 4.79 Å². The summed E-state index contributed by atoms with van der Waals surface area (Å²) in [6.45, 7) is 2.51. The first-order valence-corrected chi connectivity index (χ1v) is 7.37. The summed E-state index contributed by atoms with van der Waals surface area (Å²) in [4.78, 5) is 13.7. The van der Waals surface area contributed by atoms with E-state index in [4.69, 9.17) is 9.15 Å². The van der Waals surface area contributed by atoms with Crippen molar-refractivity contribution in [1.29, 1.82) is 0 Å². The summed E-state index contributed by atoms with van der Waals surface area (Å²) in [5, 5.41) is 2.62. The molecule has 1 aliphatic heterocycles. The van der Waals surface area contributed by atoms with Gasteiger partial charge in [-0.25, -0.2) is 4.39 Å². The van der Waals surface area contributed by atoms with E-state index < -0.39 is 0 Å². The quantitative estimate of drug-likeness (QED) is 0.881. The van der Waals surface area contributed by atoms with Gasteiger partial charge < -0.3 is 19.4 Å². The van der Waals surface area contributed by atoms with Crippen LogP contribution in [0.15, 0.2) is 47.1 Å². The van der Waals surface area contributed by atoms with E-state index in [1.54, 1.807) is 30.3 Å². The van der Waals surface area contributed by atoms with Crippen molar-refractivity contribution in [2.24, 2.45) is 0 Å². The fourth-order valence-corrected chi connectivity index (χ4v) is 2.37. The Morgan fingerprint density at radius 2 is 2.09 bits per heavy atom. The molecule has 0 bridgehead atoms. The number of nitrogens with zero attached hydrogens (tertiary/aromatic N) is 1. The lowest BCUT2D eigenvalue weighted by Gasteiger charge is -2.29. The van der Waals surface area contributed by atoms with Crippen LogP contribution < -0.4 is 10.2 Å². The summed E-state index contributed by atoms with van der Waals surface area (Å²) in [5.41, 5.74) is 0.936. The Morgan fingerprint density at radius 1 is 1.26 bits per heavy atom. The summed E-state index contributed by atoms with van der Waals surface area (Å²) in [6, 6.07) is 8.15. The van der Waals surface area contributed by atoms with Gasteiger partial charge in [-0.05, 0) is 36.4 Å². The van der Waals surface area contributed by atoms with Gasteiger partial charge in [0.15, 0.2) is 0 Å². The standard InChI is InChI=1S/C17H17FN2O3/c18-15-12-13(3-5-16(15)20-7-10-22-11-8-20)19-17(21)6-4-14-2-1-9-23-14/h1-6,9,12H,7-8,10-11H2,(H,19,21)/b6-4-. The Labute approximate surface area is 133 Å². The van der Waals surface area contributed by atoms with Crippen molar-refractivity contribution in [3.63, 3.8) is 0 Å². The maximum Gasteiger partial charge on any atom is 0.248 e. The molecule has 0 aliphatic carbocycles. The molecule has 1 aromatic heterocycles. The van der Waals surface area contributed by atoms with Gasteiger partial charge in [0.05, 0.1) is 25.2 Å². The van der Waals surface area contributed by atoms with Gasteiger partial charge in [-0.15, -0.1) is 0 Å². The van der Waals surface area contributed by atoms with Gasteiger partial charge in [0.25, 0.3) is 0 Å².